The Morgan fingerprint density at radius 3 is 2.12 bits per heavy atom. The quantitative estimate of drug-likeness (QED) is 0.859. The van der Waals surface area contributed by atoms with E-state index in [2.05, 4.69) is 17.0 Å². The Morgan fingerprint density at radius 1 is 0.960 bits per heavy atom. The van der Waals surface area contributed by atoms with Gasteiger partial charge < -0.3 is 5.11 Å². The van der Waals surface area contributed by atoms with Crippen molar-refractivity contribution in [1.82, 2.24) is 9.80 Å². The number of nitrogens with zero attached hydrogens (tertiary/aromatic N) is 2. The van der Waals surface area contributed by atoms with Gasteiger partial charge in [-0.2, -0.15) is 0 Å². The highest BCUT2D eigenvalue weighted by molar-refractivity contribution is 6.34. The Kier molecular flexibility index (Phi) is 5.97. The van der Waals surface area contributed by atoms with Gasteiger partial charge in [0.2, 0.25) is 0 Å². The van der Waals surface area contributed by atoms with E-state index in [1.54, 1.807) is 6.07 Å². The highest BCUT2D eigenvalue weighted by atomic mass is 35.5. The first-order valence-electron chi connectivity index (χ1n) is 8.22. The molecule has 132 valence electrons. The minimum atomic E-state index is -0.783. The number of piperazine rings is 1. The number of halogens is 2. The lowest BCUT2D eigenvalue weighted by Gasteiger charge is -2.39. The minimum Gasteiger partial charge on any atom is -0.480 e. The molecular weight excluding hydrogens is 359 g/mol. The summed E-state index contributed by atoms with van der Waals surface area (Å²) in [7, 11) is 0. The maximum Gasteiger partial charge on any atom is 0.317 e. The first-order chi connectivity index (χ1) is 12.0. The SMILES string of the molecule is O=C(O)CN1CCN(C(c2ccccc2)c2cc(Cl)cc(Cl)c2)CC1. The summed E-state index contributed by atoms with van der Waals surface area (Å²) >= 11 is 12.4. The van der Waals surface area contributed by atoms with Crippen LogP contribution >= 0.6 is 23.2 Å². The Labute approximate surface area is 157 Å². The fourth-order valence-corrected chi connectivity index (χ4v) is 3.90. The monoisotopic (exact) mass is 378 g/mol. The average Bonchev–Trinajstić information content (AvgIpc) is 2.56. The number of aliphatic carboxylic acids is 1. The van der Waals surface area contributed by atoms with Crippen LogP contribution in [0.15, 0.2) is 48.5 Å². The van der Waals surface area contributed by atoms with Crippen LogP contribution in [0.5, 0.6) is 0 Å². The molecule has 2 aromatic carbocycles. The predicted molar refractivity (Wildman–Crippen MR) is 100 cm³/mol. The first-order valence-corrected chi connectivity index (χ1v) is 8.97. The van der Waals surface area contributed by atoms with Crippen LogP contribution < -0.4 is 0 Å². The smallest absolute Gasteiger partial charge is 0.317 e. The van der Waals surface area contributed by atoms with Crippen molar-refractivity contribution in [2.75, 3.05) is 32.7 Å². The fourth-order valence-electron chi connectivity index (χ4n) is 3.35. The van der Waals surface area contributed by atoms with Crippen LogP contribution in [0.4, 0.5) is 0 Å². The van der Waals surface area contributed by atoms with Crippen molar-refractivity contribution in [1.29, 1.82) is 0 Å². The zero-order valence-corrected chi connectivity index (χ0v) is 15.2. The van der Waals surface area contributed by atoms with Crippen LogP contribution in [0.25, 0.3) is 0 Å². The molecule has 1 heterocycles. The Balaban J connectivity index is 1.87. The molecule has 4 nitrogen and oxygen atoms in total. The first kappa shape index (κ1) is 18.2. The van der Waals surface area contributed by atoms with Gasteiger partial charge in [0.1, 0.15) is 0 Å². The van der Waals surface area contributed by atoms with Crippen LogP contribution in [0.2, 0.25) is 10.0 Å². The van der Waals surface area contributed by atoms with E-state index >= 15 is 0 Å². The van der Waals surface area contributed by atoms with Crippen molar-refractivity contribution < 1.29 is 9.90 Å². The third-order valence-corrected chi connectivity index (χ3v) is 4.88. The van der Waals surface area contributed by atoms with E-state index in [9.17, 15) is 4.79 Å². The second-order valence-corrected chi connectivity index (χ2v) is 7.09. The Morgan fingerprint density at radius 2 is 1.56 bits per heavy atom. The number of benzene rings is 2. The summed E-state index contributed by atoms with van der Waals surface area (Å²) in [5.41, 5.74) is 2.22. The number of rotatable bonds is 5. The second kappa shape index (κ2) is 8.19. The van der Waals surface area contributed by atoms with E-state index in [-0.39, 0.29) is 12.6 Å². The molecule has 3 rings (SSSR count). The van der Waals surface area contributed by atoms with Crippen molar-refractivity contribution >= 4 is 29.2 Å². The number of carboxylic acid groups (broad SMARTS) is 1. The van der Waals surface area contributed by atoms with Gasteiger partial charge in [0.05, 0.1) is 12.6 Å². The summed E-state index contributed by atoms with van der Waals surface area (Å²) < 4.78 is 0. The molecule has 6 heteroatoms. The van der Waals surface area contributed by atoms with Crippen LogP contribution in [0, 0.1) is 0 Å². The number of hydrogen-bond acceptors (Lipinski definition) is 3. The molecule has 1 unspecified atom stereocenters. The largest absolute Gasteiger partial charge is 0.480 e. The van der Waals surface area contributed by atoms with E-state index in [0.29, 0.717) is 10.0 Å². The summed E-state index contributed by atoms with van der Waals surface area (Å²) in [5.74, 6) is -0.783. The molecule has 2 aromatic rings. The van der Waals surface area contributed by atoms with Gasteiger partial charge in [-0.1, -0.05) is 53.5 Å². The molecule has 1 aliphatic rings. The molecule has 0 spiro atoms. The molecule has 0 amide bonds. The van der Waals surface area contributed by atoms with Crippen LogP contribution in [-0.4, -0.2) is 53.6 Å². The second-order valence-electron chi connectivity index (χ2n) is 6.22. The number of carbonyl (C=O) groups is 1. The Hall–Kier alpha value is -1.59. The molecule has 1 saturated heterocycles. The minimum absolute atomic E-state index is 0.0457. The van der Waals surface area contributed by atoms with Gasteiger partial charge in [-0.3, -0.25) is 14.6 Å². The van der Waals surface area contributed by atoms with Gasteiger partial charge in [-0.05, 0) is 29.3 Å². The number of carboxylic acids is 1. The van der Waals surface area contributed by atoms with Gasteiger partial charge >= 0.3 is 5.97 Å². The lowest BCUT2D eigenvalue weighted by molar-refractivity contribution is -0.138. The van der Waals surface area contributed by atoms with Crippen LogP contribution in [0.3, 0.4) is 0 Å². The zero-order valence-electron chi connectivity index (χ0n) is 13.7. The van der Waals surface area contributed by atoms with Crippen LogP contribution in [0.1, 0.15) is 17.2 Å². The molecule has 0 aromatic heterocycles. The van der Waals surface area contributed by atoms with E-state index in [4.69, 9.17) is 28.3 Å². The summed E-state index contributed by atoms with van der Waals surface area (Å²) in [6, 6.07) is 15.9. The molecule has 1 fully saturated rings. The van der Waals surface area contributed by atoms with E-state index in [0.717, 1.165) is 31.7 Å². The molecular formula is C19H20Cl2N2O2. The Bertz CT molecular complexity index is 711. The zero-order chi connectivity index (χ0) is 17.8. The molecule has 1 atom stereocenters. The third kappa shape index (κ3) is 4.73. The highest BCUT2D eigenvalue weighted by Gasteiger charge is 2.27. The average molecular weight is 379 g/mol. The summed E-state index contributed by atoms with van der Waals surface area (Å²) in [6.45, 7) is 3.12. The van der Waals surface area contributed by atoms with E-state index < -0.39 is 5.97 Å². The van der Waals surface area contributed by atoms with E-state index in [1.165, 1.54) is 5.56 Å². The maximum atomic E-state index is 10.9. The molecule has 1 aliphatic heterocycles. The molecule has 0 aliphatic carbocycles. The lowest BCUT2D eigenvalue weighted by Crippen LogP contribution is -2.49. The van der Waals surface area contributed by atoms with Crippen molar-refractivity contribution in [3.63, 3.8) is 0 Å². The van der Waals surface area contributed by atoms with Crippen molar-refractivity contribution in [3.8, 4) is 0 Å². The van der Waals surface area contributed by atoms with Gasteiger partial charge in [-0.25, -0.2) is 0 Å². The van der Waals surface area contributed by atoms with Gasteiger partial charge in [-0.15, -0.1) is 0 Å². The summed E-state index contributed by atoms with van der Waals surface area (Å²) in [5, 5.41) is 10.2. The number of hydrogen-bond donors (Lipinski definition) is 1. The van der Waals surface area contributed by atoms with Gasteiger partial charge in [0, 0.05) is 36.2 Å². The third-order valence-electron chi connectivity index (χ3n) is 4.45. The van der Waals surface area contributed by atoms with Crippen molar-refractivity contribution in [2.24, 2.45) is 0 Å². The fraction of sp³-hybridized carbons (Fsp3) is 0.316. The van der Waals surface area contributed by atoms with E-state index in [1.807, 2.05) is 35.2 Å². The topological polar surface area (TPSA) is 43.8 Å². The summed E-state index contributed by atoms with van der Waals surface area (Å²) in [4.78, 5) is 15.2. The van der Waals surface area contributed by atoms with Gasteiger partial charge in [0.15, 0.2) is 0 Å². The maximum absolute atomic E-state index is 10.9. The normalized spacial score (nSPS) is 17.4. The molecule has 0 bridgehead atoms. The van der Waals surface area contributed by atoms with Crippen molar-refractivity contribution in [2.45, 2.75) is 6.04 Å². The standard InChI is InChI=1S/C19H20Cl2N2O2/c20-16-10-15(11-17(21)12-16)19(14-4-2-1-3-5-14)23-8-6-22(7-9-23)13-18(24)25/h1-5,10-12,19H,6-9,13H2,(H,24,25). The molecule has 0 radical (unpaired) electrons. The summed E-state index contributed by atoms with van der Waals surface area (Å²) in [6.07, 6.45) is 0. The molecule has 0 saturated carbocycles. The predicted octanol–water partition coefficient (Wildman–Crippen LogP) is 3.79. The molecule has 25 heavy (non-hydrogen) atoms. The van der Waals surface area contributed by atoms with Gasteiger partial charge in [0.25, 0.3) is 0 Å². The van der Waals surface area contributed by atoms with Crippen LogP contribution in [-0.2, 0) is 4.79 Å². The lowest BCUT2D eigenvalue weighted by atomic mass is 9.96. The molecule has 1 N–H and O–H groups in total. The highest BCUT2D eigenvalue weighted by Crippen LogP contribution is 2.33. The van der Waals surface area contributed by atoms with Crippen molar-refractivity contribution in [3.05, 3.63) is 69.7 Å².